The van der Waals surface area contributed by atoms with Gasteiger partial charge in [-0.25, -0.2) is 0 Å². The molecule has 0 spiro atoms. The van der Waals surface area contributed by atoms with E-state index in [0.29, 0.717) is 12.0 Å². The number of rotatable bonds is 5. The first-order valence-electron chi connectivity index (χ1n) is 5.15. The molecule has 1 heterocycles. The van der Waals surface area contributed by atoms with Gasteiger partial charge in [-0.2, -0.15) is 0 Å². The van der Waals surface area contributed by atoms with E-state index < -0.39 is 5.97 Å². The average Bonchev–Trinajstić information content (AvgIpc) is 2.53. The third-order valence-electron chi connectivity index (χ3n) is 2.70. The summed E-state index contributed by atoms with van der Waals surface area (Å²) in [5, 5.41) is 11.9. The summed E-state index contributed by atoms with van der Waals surface area (Å²) in [6, 6.07) is 0.370. The molecule has 0 amide bonds. The molecule has 0 radical (unpaired) electrons. The first-order chi connectivity index (χ1) is 6.59. The van der Waals surface area contributed by atoms with E-state index in [0.717, 1.165) is 19.6 Å². The minimum absolute atomic E-state index is 0.0306. The van der Waals surface area contributed by atoms with E-state index in [1.807, 2.05) is 6.92 Å². The van der Waals surface area contributed by atoms with Crippen LogP contribution in [0.2, 0.25) is 0 Å². The van der Waals surface area contributed by atoms with Crippen LogP contribution in [-0.4, -0.2) is 36.4 Å². The molecule has 1 saturated heterocycles. The van der Waals surface area contributed by atoms with Crippen LogP contribution in [-0.2, 0) is 9.53 Å². The molecule has 0 saturated carbocycles. The zero-order chi connectivity index (χ0) is 10.6. The number of hydrogen-bond donors (Lipinski definition) is 2. The van der Waals surface area contributed by atoms with Gasteiger partial charge < -0.3 is 15.2 Å². The van der Waals surface area contributed by atoms with Crippen molar-refractivity contribution in [2.24, 2.45) is 5.92 Å². The van der Waals surface area contributed by atoms with Gasteiger partial charge in [0.05, 0.1) is 13.0 Å². The molecule has 1 aliphatic heterocycles. The fourth-order valence-electron chi connectivity index (χ4n) is 1.85. The van der Waals surface area contributed by atoms with Gasteiger partial charge in [-0.05, 0) is 26.2 Å². The second kappa shape index (κ2) is 5.32. The summed E-state index contributed by atoms with van der Waals surface area (Å²) in [5.74, 6) is -0.217. The lowest BCUT2D eigenvalue weighted by Crippen LogP contribution is -2.40. The number of aliphatic carboxylic acids is 1. The molecule has 0 aliphatic carbocycles. The van der Waals surface area contributed by atoms with Crippen molar-refractivity contribution in [2.75, 3.05) is 13.2 Å². The highest BCUT2D eigenvalue weighted by atomic mass is 16.5. The molecule has 2 N–H and O–H groups in total. The zero-order valence-electron chi connectivity index (χ0n) is 8.82. The van der Waals surface area contributed by atoms with E-state index >= 15 is 0 Å². The van der Waals surface area contributed by atoms with Crippen LogP contribution < -0.4 is 5.32 Å². The van der Waals surface area contributed by atoms with Gasteiger partial charge in [0.15, 0.2) is 0 Å². The fraction of sp³-hybridized carbons (Fsp3) is 0.900. The Bertz CT molecular complexity index is 190. The monoisotopic (exact) mass is 201 g/mol. The molecule has 82 valence electrons. The van der Waals surface area contributed by atoms with Crippen molar-refractivity contribution in [3.05, 3.63) is 0 Å². The Labute approximate surface area is 84.6 Å². The predicted molar refractivity (Wildman–Crippen MR) is 53.2 cm³/mol. The van der Waals surface area contributed by atoms with E-state index in [-0.39, 0.29) is 12.5 Å². The minimum atomic E-state index is -0.750. The molecular formula is C10H19NO3. The Kier molecular flexibility index (Phi) is 4.35. The normalized spacial score (nSPS) is 26.0. The highest BCUT2D eigenvalue weighted by Crippen LogP contribution is 2.16. The summed E-state index contributed by atoms with van der Waals surface area (Å²) in [4.78, 5) is 10.4. The van der Waals surface area contributed by atoms with E-state index in [4.69, 9.17) is 9.84 Å². The van der Waals surface area contributed by atoms with E-state index in [2.05, 4.69) is 12.2 Å². The maximum atomic E-state index is 10.4. The molecule has 4 heteroatoms. The van der Waals surface area contributed by atoms with Gasteiger partial charge in [-0.15, -0.1) is 0 Å². The topological polar surface area (TPSA) is 58.6 Å². The molecular weight excluding hydrogens is 182 g/mol. The first-order valence-corrected chi connectivity index (χ1v) is 5.15. The third-order valence-corrected chi connectivity index (χ3v) is 2.70. The Morgan fingerprint density at radius 2 is 2.36 bits per heavy atom. The van der Waals surface area contributed by atoms with Gasteiger partial charge in [-0.1, -0.05) is 0 Å². The molecule has 4 nitrogen and oxygen atoms in total. The molecule has 3 atom stereocenters. The number of nitrogens with one attached hydrogen (secondary N) is 1. The van der Waals surface area contributed by atoms with Gasteiger partial charge in [0.25, 0.3) is 0 Å². The number of carbonyl (C=O) groups is 1. The predicted octanol–water partition coefficient (Wildman–Crippen LogP) is 0.864. The smallest absolute Gasteiger partial charge is 0.304 e. The second-order valence-electron chi connectivity index (χ2n) is 4.08. The molecule has 0 aromatic heterocycles. The number of carboxylic acid groups (broad SMARTS) is 1. The van der Waals surface area contributed by atoms with Gasteiger partial charge in [0.2, 0.25) is 0 Å². The fourth-order valence-corrected chi connectivity index (χ4v) is 1.85. The molecule has 0 aromatic carbocycles. The van der Waals surface area contributed by atoms with Crippen LogP contribution in [0.4, 0.5) is 0 Å². The second-order valence-corrected chi connectivity index (χ2v) is 4.08. The summed E-state index contributed by atoms with van der Waals surface area (Å²) >= 11 is 0. The molecule has 0 aromatic rings. The Balaban J connectivity index is 2.24. The third kappa shape index (κ3) is 3.64. The Morgan fingerprint density at radius 1 is 1.64 bits per heavy atom. The summed E-state index contributed by atoms with van der Waals surface area (Å²) in [6.07, 6.45) is 1.26. The number of hydrogen-bond acceptors (Lipinski definition) is 3. The molecule has 1 aliphatic rings. The lowest BCUT2D eigenvalue weighted by atomic mass is 10.00. The lowest BCUT2D eigenvalue weighted by molar-refractivity contribution is -0.137. The SMILES string of the molecule is CC(CC(=O)O)NC(C)C1CCOC1. The van der Waals surface area contributed by atoms with Crippen molar-refractivity contribution in [2.45, 2.75) is 38.8 Å². The average molecular weight is 201 g/mol. The van der Waals surface area contributed by atoms with Crippen molar-refractivity contribution < 1.29 is 14.6 Å². The summed E-state index contributed by atoms with van der Waals surface area (Å²) < 4.78 is 5.28. The van der Waals surface area contributed by atoms with Gasteiger partial charge in [-0.3, -0.25) is 4.79 Å². The van der Waals surface area contributed by atoms with Crippen LogP contribution in [0.5, 0.6) is 0 Å². The van der Waals surface area contributed by atoms with Crippen LogP contribution in [0.25, 0.3) is 0 Å². The van der Waals surface area contributed by atoms with Crippen molar-refractivity contribution in [1.82, 2.24) is 5.32 Å². The van der Waals surface area contributed by atoms with Crippen LogP contribution in [0.15, 0.2) is 0 Å². The molecule has 0 bridgehead atoms. The molecule has 3 unspecified atom stereocenters. The van der Waals surface area contributed by atoms with Crippen molar-refractivity contribution >= 4 is 5.97 Å². The van der Waals surface area contributed by atoms with E-state index in [1.165, 1.54) is 0 Å². The zero-order valence-corrected chi connectivity index (χ0v) is 8.82. The van der Waals surface area contributed by atoms with Gasteiger partial charge >= 0.3 is 5.97 Å². The van der Waals surface area contributed by atoms with Gasteiger partial charge in [0, 0.05) is 18.7 Å². The van der Waals surface area contributed by atoms with Crippen molar-refractivity contribution in [1.29, 1.82) is 0 Å². The quantitative estimate of drug-likeness (QED) is 0.692. The summed E-state index contributed by atoms with van der Waals surface area (Å²) in [6.45, 7) is 5.64. The highest BCUT2D eigenvalue weighted by molar-refractivity contribution is 5.67. The minimum Gasteiger partial charge on any atom is -0.481 e. The van der Waals surface area contributed by atoms with Crippen LogP contribution in [0.1, 0.15) is 26.7 Å². The molecule has 14 heavy (non-hydrogen) atoms. The van der Waals surface area contributed by atoms with Crippen LogP contribution >= 0.6 is 0 Å². The van der Waals surface area contributed by atoms with E-state index in [1.54, 1.807) is 0 Å². The lowest BCUT2D eigenvalue weighted by Gasteiger charge is -2.23. The van der Waals surface area contributed by atoms with Gasteiger partial charge in [0.1, 0.15) is 0 Å². The maximum absolute atomic E-state index is 10.4. The standard InChI is InChI=1S/C10H19NO3/c1-7(5-10(12)13)11-8(2)9-3-4-14-6-9/h7-9,11H,3-6H2,1-2H3,(H,12,13). The molecule has 1 rings (SSSR count). The Morgan fingerprint density at radius 3 is 2.86 bits per heavy atom. The van der Waals surface area contributed by atoms with Crippen molar-refractivity contribution in [3.63, 3.8) is 0 Å². The van der Waals surface area contributed by atoms with E-state index in [9.17, 15) is 4.79 Å². The first kappa shape index (κ1) is 11.5. The summed E-state index contributed by atoms with van der Waals surface area (Å²) in [5.41, 5.74) is 0. The molecule has 1 fully saturated rings. The highest BCUT2D eigenvalue weighted by Gasteiger charge is 2.23. The largest absolute Gasteiger partial charge is 0.481 e. The number of carboxylic acids is 1. The maximum Gasteiger partial charge on any atom is 0.304 e. The van der Waals surface area contributed by atoms with Crippen molar-refractivity contribution in [3.8, 4) is 0 Å². The number of ether oxygens (including phenoxy) is 1. The Hall–Kier alpha value is -0.610. The summed E-state index contributed by atoms with van der Waals surface area (Å²) in [7, 11) is 0. The van der Waals surface area contributed by atoms with Crippen LogP contribution in [0, 0.1) is 5.92 Å². The van der Waals surface area contributed by atoms with Crippen LogP contribution in [0.3, 0.4) is 0 Å².